The number of carbonyl (C=O) groups excluding carboxylic acids is 1. The molecule has 1 aromatic heterocycles. The SMILES string of the molecule is CCOc1ccccc1CNC(=O)C1CCN(S(=O)(=O)c2cccs2)CC1. The van der Waals surface area contributed by atoms with Crippen molar-refractivity contribution < 1.29 is 17.9 Å². The van der Waals surface area contributed by atoms with Gasteiger partial charge in [-0.05, 0) is 37.3 Å². The molecule has 0 spiro atoms. The summed E-state index contributed by atoms with van der Waals surface area (Å²) in [7, 11) is -3.43. The Bertz CT molecular complexity index is 858. The van der Waals surface area contributed by atoms with Crippen molar-refractivity contribution in [2.24, 2.45) is 5.92 Å². The molecule has 0 atom stereocenters. The van der Waals surface area contributed by atoms with Crippen LogP contribution in [0.4, 0.5) is 0 Å². The number of benzene rings is 1. The fourth-order valence-corrected chi connectivity index (χ4v) is 5.78. The van der Waals surface area contributed by atoms with Crippen LogP contribution in [0.25, 0.3) is 0 Å². The number of nitrogens with zero attached hydrogens (tertiary/aromatic N) is 1. The van der Waals surface area contributed by atoms with Gasteiger partial charge in [0.05, 0.1) is 6.61 Å². The van der Waals surface area contributed by atoms with Gasteiger partial charge in [-0.15, -0.1) is 11.3 Å². The largest absolute Gasteiger partial charge is 0.494 e. The number of hydrogen-bond acceptors (Lipinski definition) is 5. The third-order valence-electron chi connectivity index (χ3n) is 4.64. The smallest absolute Gasteiger partial charge is 0.252 e. The number of carbonyl (C=O) groups is 1. The molecule has 146 valence electrons. The van der Waals surface area contributed by atoms with Gasteiger partial charge < -0.3 is 10.1 Å². The first kappa shape index (κ1) is 19.9. The summed E-state index contributed by atoms with van der Waals surface area (Å²) in [6.45, 7) is 3.64. The fraction of sp³-hybridized carbons (Fsp3) is 0.421. The number of amides is 1. The van der Waals surface area contributed by atoms with E-state index < -0.39 is 10.0 Å². The minimum absolute atomic E-state index is 0.0329. The quantitative estimate of drug-likeness (QED) is 0.764. The monoisotopic (exact) mass is 408 g/mol. The van der Waals surface area contributed by atoms with Crippen LogP contribution < -0.4 is 10.1 Å². The molecule has 2 aromatic rings. The van der Waals surface area contributed by atoms with E-state index in [-0.39, 0.29) is 11.8 Å². The molecule has 2 heterocycles. The average Bonchev–Trinajstić information content (AvgIpc) is 3.23. The van der Waals surface area contributed by atoms with Crippen molar-refractivity contribution in [1.82, 2.24) is 9.62 Å². The van der Waals surface area contributed by atoms with Gasteiger partial charge in [0, 0.05) is 31.1 Å². The maximum absolute atomic E-state index is 12.6. The lowest BCUT2D eigenvalue weighted by atomic mass is 9.97. The van der Waals surface area contributed by atoms with Crippen LogP contribution in [0.3, 0.4) is 0 Å². The van der Waals surface area contributed by atoms with Crippen molar-refractivity contribution in [1.29, 1.82) is 0 Å². The minimum atomic E-state index is -3.43. The first-order valence-corrected chi connectivity index (χ1v) is 11.4. The Morgan fingerprint density at radius 3 is 2.63 bits per heavy atom. The van der Waals surface area contributed by atoms with Crippen molar-refractivity contribution in [3.8, 4) is 5.75 Å². The minimum Gasteiger partial charge on any atom is -0.494 e. The highest BCUT2D eigenvalue weighted by Gasteiger charge is 2.32. The number of hydrogen-bond donors (Lipinski definition) is 1. The van der Waals surface area contributed by atoms with Gasteiger partial charge in [-0.25, -0.2) is 8.42 Å². The van der Waals surface area contributed by atoms with Crippen LogP contribution in [0.15, 0.2) is 46.0 Å². The summed E-state index contributed by atoms with van der Waals surface area (Å²) in [5.41, 5.74) is 0.936. The van der Waals surface area contributed by atoms with Crippen LogP contribution in [-0.4, -0.2) is 38.3 Å². The van der Waals surface area contributed by atoms with Gasteiger partial charge in [0.25, 0.3) is 10.0 Å². The molecule has 8 heteroatoms. The first-order valence-electron chi connectivity index (χ1n) is 9.04. The van der Waals surface area contributed by atoms with Crippen molar-refractivity contribution in [2.75, 3.05) is 19.7 Å². The Balaban J connectivity index is 1.53. The van der Waals surface area contributed by atoms with Crippen LogP contribution in [-0.2, 0) is 21.4 Å². The van der Waals surface area contributed by atoms with Crippen LogP contribution in [0, 0.1) is 5.92 Å². The Hall–Kier alpha value is -1.90. The second kappa shape index (κ2) is 8.86. The predicted molar refractivity (Wildman–Crippen MR) is 105 cm³/mol. The van der Waals surface area contributed by atoms with Crippen molar-refractivity contribution in [2.45, 2.75) is 30.5 Å². The zero-order valence-corrected chi connectivity index (χ0v) is 16.9. The van der Waals surface area contributed by atoms with Gasteiger partial charge in [-0.1, -0.05) is 24.3 Å². The lowest BCUT2D eigenvalue weighted by molar-refractivity contribution is -0.126. The van der Waals surface area contributed by atoms with Gasteiger partial charge in [-0.2, -0.15) is 4.31 Å². The van der Waals surface area contributed by atoms with Gasteiger partial charge in [0.15, 0.2) is 0 Å². The molecule has 1 aromatic carbocycles. The molecule has 0 saturated carbocycles. The van der Waals surface area contributed by atoms with Gasteiger partial charge in [0.1, 0.15) is 9.96 Å². The lowest BCUT2D eigenvalue weighted by Gasteiger charge is -2.30. The van der Waals surface area contributed by atoms with Crippen molar-refractivity contribution in [3.05, 3.63) is 47.3 Å². The molecule has 0 aliphatic carbocycles. The highest BCUT2D eigenvalue weighted by atomic mass is 32.2. The summed E-state index contributed by atoms with van der Waals surface area (Å²) < 4.78 is 32.5. The summed E-state index contributed by atoms with van der Waals surface area (Å²) in [6, 6.07) is 11.0. The average molecular weight is 409 g/mol. The van der Waals surface area contributed by atoms with E-state index in [9.17, 15) is 13.2 Å². The summed E-state index contributed by atoms with van der Waals surface area (Å²) >= 11 is 1.22. The second-order valence-electron chi connectivity index (χ2n) is 6.37. The van der Waals surface area contributed by atoms with Gasteiger partial charge in [0.2, 0.25) is 5.91 Å². The second-order valence-corrected chi connectivity index (χ2v) is 9.48. The van der Waals surface area contributed by atoms with E-state index >= 15 is 0 Å². The maximum atomic E-state index is 12.6. The van der Waals surface area contributed by atoms with E-state index in [4.69, 9.17) is 4.74 Å². The number of piperidine rings is 1. The normalized spacial score (nSPS) is 16.2. The van der Waals surface area contributed by atoms with Crippen LogP contribution in [0.1, 0.15) is 25.3 Å². The highest BCUT2D eigenvalue weighted by Crippen LogP contribution is 2.26. The molecule has 6 nitrogen and oxygen atoms in total. The first-order chi connectivity index (χ1) is 13.0. The topological polar surface area (TPSA) is 75.7 Å². The highest BCUT2D eigenvalue weighted by molar-refractivity contribution is 7.91. The molecule has 0 radical (unpaired) electrons. The summed E-state index contributed by atoms with van der Waals surface area (Å²) in [5, 5.41) is 4.72. The summed E-state index contributed by atoms with van der Waals surface area (Å²) in [4.78, 5) is 12.5. The van der Waals surface area contributed by atoms with E-state index in [1.807, 2.05) is 31.2 Å². The van der Waals surface area contributed by atoms with Crippen LogP contribution in [0.5, 0.6) is 5.75 Å². The molecule has 1 amide bonds. The summed E-state index contributed by atoms with van der Waals surface area (Å²) in [6.07, 6.45) is 1.06. The Morgan fingerprint density at radius 2 is 1.96 bits per heavy atom. The molecule has 0 unspecified atom stereocenters. The summed E-state index contributed by atoms with van der Waals surface area (Å²) in [5.74, 6) is 0.575. The van der Waals surface area contributed by atoms with E-state index in [1.54, 1.807) is 17.5 Å². The van der Waals surface area contributed by atoms with Gasteiger partial charge in [-0.3, -0.25) is 4.79 Å². The van der Waals surface area contributed by atoms with Crippen molar-refractivity contribution in [3.63, 3.8) is 0 Å². The molecule has 1 fully saturated rings. The molecule has 1 N–H and O–H groups in total. The van der Waals surface area contributed by atoms with Gasteiger partial charge >= 0.3 is 0 Å². The van der Waals surface area contributed by atoms with E-state index in [1.165, 1.54) is 15.6 Å². The molecule has 1 aliphatic rings. The van der Waals surface area contributed by atoms with Crippen LogP contribution >= 0.6 is 11.3 Å². The molecule has 27 heavy (non-hydrogen) atoms. The number of para-hydroxylation sites is 1. The number of thiophene rings is 1. The number of sulfonamides is 1. The standard InChI is InChI=1S/C19H24N2O4S2/c1-2-25-17-7-4-3-6-16(17)14-20-19(22)15-9-11-21(12-10-15)27(23,24)18-8-5-13-26-18/h3-8,13,15H,2,9-12,14H2,1H3,(H,20,22). The number of nitrogens with one attached hydrogen (secondary N) is 1. The maximum Gasteiger partial charge on any atom is 0.252 e. The Labute approximate surface area is 164 Å². The molecular formula is C19H24N2O4S2. The Morgan fingerprint density at radius 1 is 1.22 bits per heavy atom. The number of rotatable bonds is 7. The Kier molecular flexibility index (Phi) is 6.51. The molecule has 1 saturated heterocycles. The zero-order chi connectivity index (χ0) is 19.3. The van der Waals surface area contributed by atoms with Crippen LogP contribution in [0.2, 0.25) is 0 Å². The number of ether oxygens (including phenoxy) is 1. The van der Waals surface area contributed by atoms with Crippen molar-refractivity contribution >= 4 is 27.3 Å². The molecule has 1 aliphatic heterocycles. The van der Waals surface area contributed by atoms with E-state index in [0.717, 1.165) is 11.3 Å². The zero-order valence-electron chi connectivity index (χ0n) is 15.3. The molecule has 3 rings (SSSR count). The van der Waals surface area contributed by atoms with E-state index in [2.05, 4.69) is 5.32 Å². The third-order valence-corrected chi connectivity index (χ3v) is 7.91. The third kappa shape index (κ3) is 4.69. The van der Waals surface area contributed by atoms with E-state index in [0.29, 0.717) is 43.3 Å². The lowest BCUT2D eigenvalue weighted by Crippen LogP contribution is -2.42. The molecular weight excluding hydrogens is 384 g/mol. The fourth-order valence-electron chi connectivity index (χ4n) is 3.17. The molecule has 0 bridgehead atoms. The predicted octanol–water partition coefficient (Wildman–Crippen LogP) is 2.86.